The lowest BCUT2D eigenvalue weighted by Crippen LogP contribution is -2.13. The Hall–Kier alpha value is -1.10. The number of hydrogen-bond acceptors (Lipinski definition) is 2. The van der Waals surface area contributed by atoms with Crippen molar-refractivity contribution in [1.29, 1.82) is 0 Å². The van der Waals surface area contributed by atoms with Gasteiger partial charge in [-0.1, -0.05) is 13.0 Å². The van der Waals surface area contributed by atoms with E-state index in [-0.39, 0.29) is 5.91 Å². The minimum atomic E-state index is -0.114. The molecule has 0 bridgehead atoms. The van der Waals surface area contributed by atoms with Gasteiger partial charge in [0.25, 0.3) is 5.91 Å². The SMILES string of the molecule is CC/C=C(/C)C(=O)Nc1[nH]ncc1Br. The average molecular weight is 258 g/mol. The Morgan fingerprint density at radius 3 is 3.00 bits per heavy atom. The van der Waals surface area contributed by atoms with Crippen molar-refractivity contribution in [2.45, 2.75) is 20.3 Å². The first kappa shape index (κ1) is 11.0. The van der Waals surface area contributed by atoms with Crippen LogP contribution in [0, 0.1) is 0 Å². The highest BCUT2D eigenvalue weighted by Crippen LogP contribution is 2.18. The molecule has 5 heteroatoms. The van der Waals surface area contributed by atoms with Gasteiger partial charge in [-0.2, -0.15) is 5.10 Å². The molecule has 0 saturated carbocycles. The Kier molecular flexibility index (Phi) is 3.88. The number of aromatic nitrogens is 2. The van der Waals surface area contributed by atoms with Gasteiger partial charge in [-0.25, -0.2) is 0 Å². The monoisotopic (exact) mass is 257 g/mol. The van der Waals surface area contributed by atoms with Gasteiger partial charge in [-0.3, -0.25) is 9.89 Å². The lowest BCUT2D eigenvalue weighted by atomic mass is 10.2. The highest BCUT2D eigenvalue weighted by molar-refractivity contribution is 9.10. The molecule has 0 spiro atoms. The van der Waals surface area contributed by atoms with Crippen molar-refractivity contribution in [3.63, 3.8) is 0 Å². The summed E-state index contributed by atoms with van der Waals surface area (Å²) in [6.45, 7) is 3.77. The first-order valence-electron chi connectivity index (χ1n) is 4.32. The van der Waals surface area contributed by atoms with Crippen LogP contribution in [0.3, 0.4) is 0 Å². The maximum atomic E-state index is 11.5. The molecule has 0 fully saturated rings. The third kappa shape index (κ3) is 2.70. The van der Waals surface area contributed by atoms with Gasteiger partial charge in [-0.05, 0) is 29.3 Å². The predicted octanol–water partition coefficient (Wildman–Crippen LogP) is 2.47. The number of allylic oxidation sites excluding steroid dienone is 1. The van der Waals surface area contributed by atoms with Crippen LogP contribution in [0.5, 0.6) is 0 Å². The maximum absolute atomic E-state index is 11.5. The third-order valence-electron chi connectivity index (χ3n) is 1.70. The normalized spacial score (nSPS) is 11.5. The fraction of sp³-hybridized carbons (Fsp3) is 0.333. The number of amides is 1. The molecule has 1 aromatic rings. The fourth-order valence-corrected chi connectivity index (χ4v) is 1.26. The van der Waals surface area contributed by atoms with Gasteiger partial charge >= 0.3 is 0 Å². The summed E-state index contributed by atoms with van der Waals surface area (Å²) in [6, 6.07) is 0. The predicted molar refractivity (Wildman–Crippen MR) is 59.0 cm³/mol. The molecule has 4 nitrogen and oxygen atoms in total. The number of carbonyl (C=O) groups excluding carboxylic acids is 1. The Balaban J connectivity index is 2.67. The number of H-pyrrole nitrogens is 1. The number of aromatic amines is 1. The minimum absolute atomic E-state index is 0.114. The van der Waals surface area contributed by atoms with Gasteiger partial charge < -0.3 is 5.32 Å². The second-order valence-electron chi connectivity index (χ2n) is 2.84. The Labute approximate surface area is 90.9 Å². The lowest BCUT2D eigenvalue weighted by Gasteiger charge is -2.02. The quantitative estimate of drug-likeness (QED) is 0.818. The van der Waals surface area contributed by atoms with Crippen LogP contribution in [0.4, 0.5) is 5.82 Å². The van der Waals surface area contributed by atoms with E-state index in [1.54, 1.807) is 13.1 Å². The molecule has 1 heterocycles. The molecule has 0 aliphatic heterocycles. The van der Waals surface area contributed by atoms with Crippen LogP contribution < -0.4 is 5.32 Å². The Bertz CT molecular complexity index is 357. The van der Waals surface area contributed by atoms with Crippen molar-refractivity contribution in [3.05, 3.63) is 22.3 Å². The third-order valence-corrected chi connectivity index (χ3v) is 2.30. The number of hydrogen-bond donors (Lipinski definition) is 2. The number of rotatable bonds is 3. The zero-order chi connectivity index (χ0) is 10.6. The van der Waals surface area contributed by atoms with E-state index in [1.807, 2.05) is 13.0 Å². The largest absolute Gasteiger partial charge is 0.306 e. The van der Waals surface area contributed by atoms with Crippen molar-refractivity contribution in [2.75, 3.05) is 5.32 Å². The number of nitrogens with zero attached hydrogens (tertiary/aromatic N) is 1. The van der Waals surface area contributed by atoms with E-state index in [4.69, 9.17) is 0 Å². The Morgan fingerprint density at radius 1 is 1.79 bits per heavy atom. The fourth-order valence-electron chi connectivity index (χ4n) is 0.970. The molecular weight excluding hydrogens is 246 g/mol. The van der Waals surface area contributed by atoms with E-state index >= 15 is 0 Å². The average Bonchev–Trinajstić information content (AvgIpc) is 2.52. The van der Waals surface area contributed by atoms with E-state index in [0.29, 0.717) is 11.4 Å². The maximum Gasteiger partial charge on any atom is 0.252 e. The summed E-state index contributed by atoms with van der Waals surface area (Å²) < 4.78 is 0.746. The van der Waals surface area contributed by atoms with Crippen LogP contribution in [0.25, 0.3) is 0 Å². The summed E-state index contributed by atoms with van der Waals surface area (Å²) in [4.78, 5) is 11.5. The van der Waals surface area contributed by atoms with Crippen molar-refractivity contribution in [2.24, 2.45) is 0 Å². The molecule has 76 valence electrons. The Morgan fingerprint density at radius 2 is 2.50 bits per heavy atom. The van der Waals surface area contributed by atoms with Crippen molar-refractivity contribution >= 4 is 27.7 Å². The number of halogens is 1. The van der Waals surface area contributed by atoms with Crippen LogP contribution in [-0.2, 0) is 4.79 Å². The summed E-state index contributed by atoms with van der Waals surface area (Å²) >= 11 is 3.25. The lowest BCUT2D eigenvalue weighted by molar-refractivity contribution is -0.112. The van der Waals surface area contributed by atoms with E-state index in [0.717, 1.165) is 10.9 Å². The molecule has 0 unspecified atom stereocenters. The number of carbonyl (C=O) groups is 1. The van der Waals surface area contributed by atoms with Crippen molar-refractivity contribution < 1.29 is 4.79 Å². The second-order valence-corrected chi connectivity index (χ2v) is 3.70. The van der Waals surface area contributed by atoms with Crippen LogP contribution in [0.1, 0.15) is 20.3 Å². The van der Waals surface area contributed by atoms with E-state index < -0.39 is 0 Å². The first-order valence-corrected chi connectivity index (χ1v) is 5.11. The smallest absolute Gasteiger partial charge is 0.252 e. The number of nitrogens with one attached hydrogen (secondary N) is 2. The molecule has 0 aromatic carbocycles. The van der Waals surface area contributed by atoms with Crippen molar-refractivity contribution in [1.82, 2.24) is 10.2 Å². The zero-order valence-corrected chi connectivity index (χ0v) is 9.68. The highest BCUT2D eigenvalue weighted by atomic mass is 79.9. The molecule has 0 atom stereocenters. The molecule has 2 N–H and O–H groups in total. The summed E-state index contributed by atoms with van der Waals surface area (Å²) in [6.07, 6.45) is 4.32. The summed E-state index contributed by atoms with van der Waals surface area (Å²) in [7, 11) is 0. The van der Waals surface area contributed by atoms with Crippen molar-refractivity contribution in [3.8, 4) is 0 Å². The van der Waals surface area contributed by atoms with E-state index in [1.165, 1.54) is 0 Å². The molecule has 0 radical (unpaired) electrons. The summed E-state index contributed by atoms with van der Waals surface area (Å²) in [5, 5.41) is 9.15. The molecule has 1 amide bonds. The van der Waals surface area contributed by atoms with E-state index in [2.05, 4.69) is 31.4 Å². The first-order chi connectivity index (χ1) is 6.65. The summed E-state index contributed by atoms with van der Waals surface area (Å²) in [5.41, 5.74) is 0.703. The highest BCUT2D eigenvalue weighted by Gasteiger charge is 2.07. The van der Waals surface area contributed by atoms with Gasteiger partial charge in [0.2, 0.25) is 0 Å². The van der Waals surface area contributed by atoms with Crippen LogP contribution >= 0.6 is 15.9 Å². The zero-order valence-electron chi connectivity index (χ0n) is 8.10. The van der Waals surface area contributed by atoms with E-state index in [9.17, 15) is 4.79 Å². The van der Waals surface area contributed by atoms with Gasteiger partial charge in [-0.15, -0.1) is 0 Å². The molecule has 0 aliphatic carbocycles. The van der Waals surface area contributed by atoms with Gasteiger partial charge in [0.15, 0.2) is 0 Å². The second kappa shape index (κ2) is 4.95. The molecule has 14 heavy (non-hydrogen) atoms. The van der Waals surface area contributed by atoms with Crippen LogP contribution in [-0.4, -0.2) is 16.1 Å². The van der Waals surface area contributed by atoms with Gasteiger partial charge in [0.05, 0.1) is 10.7 Å². The van der Waals surface area contributed by atoms with Gasteiger partial charge in [0.1, 0.15) is 5.82 Å². The van der Waals surface area contributed by atoms with Crippen LogP contribution in [0.2, 0.25) is 0 Å². The molecule has 0 saturated heterocycles. The van der Waals surface area contributed by atoms with Crippen LogP contribution in [0.15, 0.2) is 22.3 Å². The molecule has 1 aromatic heterocycles. The molecule has 1 rings (SSSR count). The van der Waals surface area contributed by atoms with Gasteiger partial charge in [0, 0.05) is 5.57 Å². The minimum Gasteiger partial charge on any atom is -0.306 e. The standard InChI is InChI=1S/C9H12BrN3O/c1-3-4-6(2)9(14)12-8-7(10)5-11-13-8/h4-5H,3H2,1-2H3,(H2,11,12,13,14)/b6-4-. The summed E-state index contributed by atoms with van der Waals surface area (Å²) in [5.74, 6) is 0.468. The topological polar surface area (TPSA) is 57.8 Å². The molecular formula is C9H12BrN3O. The molecule has 0 aliphatic rings. The number of anilines is 1.